The molecule has 0 heterocycles. The van der Waals surface area contributed by atoms with E-state index in [1.165, 1.54) is 25.3 Å². The number of thioether (sulfide) groups is 1. The van der Waals surface area contributed by atoms with Crippen molar-refractivity contribution in [2.45, 2.75) is 4.90 Å². The van der Waals surface area contributed by atoms with Crippen molar-refractivity contribution in [1.82, 2.24) is 0 Å². The highest BCUT2D eigenvalue weighted by Crippen LogP contribution is 2.30. The van der Waals surface area contributed by atoms with Gasteiger partial charge >= 0.3 is 16.5 Å². The predicted octanol–water partition coefficient (Wildman–Crippen LogP) is 1.54. The largest absolute Gasteiger partial charge is 0.488 e. The summed E-state index contributed by atoms with van der Waals surface area (Å²) >= 11 is 0.990. The first-order valence-electron chi connectivity index (χ1n) is 4.35. The Morgan fingerprint density at radius 3 is 2.65 bits per heavy atom. The van der Waals surface area contributed by atoms with Crippen LogP contribution in [0.25, 0.3) is 0 Å². The van der Waals surface area contributed by atoms with E-state index in [2.05, 4.69) is 8.92 Å². The molecule has 0 atom stereocenters. The minimum absolute atomic E-state index is 0.0246. The normalized spacial score (nSPS) is 10.9. The number of para-hydroxylation sites is 1. The topological polar surface area (TPSA) is 69.7 Å². The Morgan fingerprint density at radius 1 is 1.41 bits per heavy atom. The Kier molecular flexibility index (Phi) is 4.76. The van der Waals surface area contributed by atoms with Crippen LogP contribution in [0.5, 0.6) is 5.75 Å². The summed E-state index contributed by atoms with van der Waals surface area (Å²) in [6.07, 6.45) is 0. The third-order valence-electron chi connectivity index (χ3n) is 1.61. The van der Waals surface area contributed by atoms with E-state index in [1.807, 2.05) is 0 Å². The van der Waals surface area contributed by atoms with E-state index in [0.717, 1.165) is 11.8 Å². The molecule has 0 fully saturated rings. The standard InChI is InChI=1S/C9H9FO5S2/c1-14-9(11)6-16-8-5-3-2-4-7(8)15-17(10,12)13/h2-5H,6H2,1H3. The molecule has 0 spiro atoms. The van der Waals surface area contributed by atoms with Crippen molar-refractivity contribution in [3.8, 4) is 5.75 Å². The number of halogens is 1. The predicted molar refractivity (Wildman–Crippen MR) is 59.8 cm³/mol. The van der Waals surface area contributed by atoms with Crippen LogP contribution in [-0.2, 0) is 20.0 Å². The van der Waals surface area contributed by atoms with Crippen molar-refractivity contribution in [3.63, 3.8) is 0 Å². The van der Waals surface area contributed by atoms with Crippen LogP contribution in [0, 0.1) is 0 Å². The van der Waals surface area contributed by atoms with Crippen LogP contribution >= 0.6 is 11.8 Å². The zero-order valence-corrected chi connectivity index (χ0v) is 10.4. The maximum atomic E-state index is 12.4. The zero-order valence-electron chi connectivity index (χ0n) is 8.75. The van der Waals surface area contributed by atoms with E-state index < -0.39 is 16.5 Å². The van der Waals surface area contributed by atoms with Gasteiger partial charge < -0.3 is 8.92 Å². The highest BCUT2D eigenvalue weighted by Gasteiger charge is 2.14. The number of esters is 1. The highest BCUT2D eigenvalue weighted by atomic mass is 32.3. The Balaban J connectivity index is 2.81. The molecule has 1 aromatic carbocycles. The van der Waals surface area contributed by atoms with Gasteiger partial charge in [-0.15, -0.1) is 11.8 Å². The molecule has 1 aromatic rings. The maximum absolute atomic E-state index is 12.4. The summed E-state index contributed by atoms with van der Waals surface area (Å²) < 4.78 is 41.6. The summed E-state index contributed by atoms with van der Waals surface area (Å²) in [4.78, 5) is 11.2. The third kappa shape index (κ3) is 5.05. The summed E-state index contributed by atoms with van der Waals surface area (Å²) in [5, 5.41) is 0. The number of hydrogen-bond acceptors (Lipinski definition) is 6. The Labute approximate surface area is 102 Å². The number of hydrogen-bond donors (Lipinski definition) is 0. The van der Waals surface area contributed by atoms with E-state index in [4.69, 9.17) is 0 Å². The smallest absolute Gasteiger partial charge is 0.468 e. The van der Waals surface area contributed by atoms with Crippen molar-refractivity contribution in [2.24, 2.45) is 0 Å². The highest BCUT2D eigenvalue weighted by molar-refractivity contribution is 8.00. The second-order valence-electron chi connectivity index (χ2n) is 2.79. The first-order valence-corrected chi connectivity index (χ1v) is 6.64. The molecule has 0 aliphatic rings. The summed E-state index contributed by atoms with van der Waals surface area (Å²) in [6.45, 7) is 0. The number of carbonyl (C=O) groups is 1. The van der Waals surface area contributed by atoms with Gasteiger partial charge in [0.25, 0.3) is 0 Å². The van der Waals surface area contributed by atoms with Crippen molar-refractivity contribution in [2.75, 3.05) is 12.9 Å². The lowest BCUT2D eigenvalue weighted by Gasteiger charge is -2.06. The quantitative estimate of drug-likeness (QED) is 0.463. The third-order valence-corrected chi connectivity index (χ3v) is 3.02. The van der Waals surface area contributed by atoms with E-state index in [0.29, 0.717) is 4.90 Å². The summed E-state index contributed by atoms with van der Waals surface area (Å²) in [6, 6.07) is 5.89. The fourth-order valence-corrected chi connectivity index (χ4v) is 2.17. The fourth-order valence-electron chi connectivity index (χ4n) is 0.941. The minimum atomic E-state index is -5.07. The van der Waals surface area contributed by atoms with Gasteiger partial charge in [0, 0.05) is 0 Å². The van der Waals surface area contributed by atoms with Crippen LogP contribution in [0.2, 0.25) is 0 Å². The van der Waals surface area contributed by atoms with Crippen LogP contribution in [0.15, 0.2) is 29.2 Å². The molecule has 0 saturated heterocycles. The lowest BCUT2D eigenvalue weighted by atomic mass is 10.3. The number of rotatable bonds is 5. The number of carbonyl (C=O) groups excluding carboxylic acids is 1. The van der Waals surface area contributed by atoms with Gasteiger partial charge in [0.15, 0.2) is 5.75 Å². The molecule has 94 valence electrons. The Hall–Kier alpha value is -1.28. The van der Waals surface area contributed by atoms with E-state index >= 15 is 0 Å². The summed E-state index contributed by atoms with van der Waals surface area (Å²) in [5.74, 6) is -0.666. The molecule has 0 unspecified atom stereocenters. The molecule has 8 heteroatoms. The minimum Gasteiger partial charge on any atom is -0.468 e. The molecule has 0 N–H and O–H groups in total. The molecule has 0 saturated carbocycles. The van der Waals surface area contributed by atoms with Crippen molar-refractivity contribution in [1.29, 1.82) is 0 Å². The molecule has 0 amide bonds. The average Bonchev–Trinajstić information content (AvgIpc) is 2.25. The first-order chi connectivity index (χ1) is 7.92. The van der Waals surface area contributed by atoms with Gasteiger partial charge in [-0.05, 0) is 12.1 Å². The number of ether oxygens (including phenoxy) is 1. The molecular weight excluding hydrogens is 271 g/mol. The second-order valence-corrected chi connectivity index (χ2v) is 4.76. The fraction of sp³-hybridized carbons (Fsp3) is 0.222. The molecule has 5 nitrogen and oxygen atoms in total. The van der Waals surface area contributed by atoms with Gasteiger partial charge in [-0.25, -0.2) is 0 Å². The Bertz CT molecular complexity index is 500. The van der Waals surface area contributed by atoms with Gasteiger partial charge in [0.2, 0.25) is 0 Å². The van der Waals surface area contributed by atoms with Gasteiger partial charge in [-0.1, -0.05) is 16.0 Å². The van der Waals surface area contributed by atoms with Crippen LogP contribution in [0.4, 0.5) is 3.89 Å². The van der Waals surface area contributed by atoms with E-state index in [-0.39, 0.29) is 11.5 Å². The van der Waals surface area contributed by atoms with Crippen molar-refractivity contribution < 1.29 is 26.0 Å². The van der Waals surface area contributed by atoms with Gasteiger partial charge in [-0.2, -0.15) is 8.42 Å². The summed E-state index contributed by atoms with van der Waals surface area (Å²) in [5.41, 5.74) is 0. The van der Waals surface area contributed by atoms with Crippen LogP contribution in [0.1, 0.15) is 0 Å². The lowest BCUT2D eigenvalue weighted by molar-refractivity contribution is -0.137. The first kappa shape index (κ1) is 13.8. The SMILES string of the molecule is COC(=O)CSc1ccccc1OS(=O)(=O)F. The van der Waals surface area contributed by atoms with Gasteiger partial charge in [-0.3, -0.25) is 4.79 Å². The van der Waals surface area contributed by atoms with Gasteiger partial charge in [0.1, 0.15) is 0 Å². The number of methoxy groups -OCH3 is 1. The molecular formula is C9H9FO5S2. The molecule has 0 aliphatic carbocycles. The van der Waals surface area contributed by atoms with Gasteiger partial charge in [0.05, 0.1) is 17.8 Å². The molecule has 17 heavy (non-hydrogen) atoms. The zero-order chi connectivity index (χ0) is 12.9. The maximum Gasteiger partial charge on any atom is 0.488 e. The van der Waals surface area contributed by atoms with E-state index in [1.54, 1.807) is 6.07 Å². The number of benzene rings is 1. The lowest BCUT2D eigenvalue weighted by Crippen LogP contribution is -2.05. The summed E-state index contributed by atoms with van der Waals surface area (Å²) in [7, 11) is -3.84. The van der Waals surface area contributed by atoms with Crippen LogP contribution < -0.4 is 4.18 Å². The van der Waals surface area contributed by atoms with Crippen LogP contribution in [-0.4, -0.2) is 27.2 Å². The average molecular weight is 280 g/mol. The molecule has 1 rings (SSSR count). The van der Waals surface area contributed by atoms with E-state index in [9.17, 15) is 17.1 Å². The molecule has 0 aliphatic heterocycles. The Morgan fingerprint density at radius 2 is 2.06 bits per heavy atom. The van der Waals surface area contributed by atoms with Crippen molar-refractivity contribution >= 4 is 28.2 Å². The van der Waals surface area contributed by atoms with Crippen LogP contribution in [0.3, 0.4) is 0 Å². The molecule has 0 bridgehead atoms. The molecule has 0 radical (unpaired) electrons. The van der Waals surface area contributed by atoms with Crippen molar-refractivity contribution in [3.05, 3.63) is 24.3 Å². The monoisotopic (exact) mass is 280 g/mol. The molecule has 0 aromatic heterocycles. The second kappa shape index (κ2) is 5.87.